The van der Waals surface area contributed by atoms with Crippen molar-refractivity contribution in [3.63, 3.8) is 0 Å². The van der Waals surface area contributed by atoms with Crippen molar-refractivity contribution in [2.24, 2.45) is 7.05 Å². The summed E-state index contributed by atoms with van der Waals surface area (Å²) < 4.78 is 43.5. The summed E-state index contributed by atoms with van der Waals surface area (Å²) in [5.41, 5.74) is 0.124. The molecule has 2 aromatic rings. The van der Waals surface area contributed by atoms with Crippen LogP contribution in [-0.4, -0.2) is 21.4 Å². The number of esters is 1. The van der Waals surface area contributed by atoms with E-state index in [2.05, 4.69) is 10.3 Å². The number of anilines is 1. The van der Waals surface area contributed by atoms with Crippen LogP contribution in [0.25, 0.3) is 0 Å². The second-order valence-electron chi connectivity index (χ2n) is 4.60. The lowest BCUT2D eigenvalue weighted by Crippen LogP contribution is -2.17. The minimum atomic E-state index is -4.62. The van der Waals surface area contributed by atoms with Crippen LogP contribution < -0.4 is 10.1 Å². The molecule has 0 aliphatic carbocycles. The predicted molar refractivity (Wildman–Crippen MR) is 73.9 cm³/mol. The number of benzene rings is 1. The topological polar surface area (TPSA) is 73.2 Å². The molecule has 6 nitrogen and oxygen atoms in total. The van der Waals surface area contributed by atoms with E-state index >= 15 is 0 Å². The zero-order valence-electron chi connectivity index (χ0n) is 12.1. The quantitative estimate of drug-likeness (QED) is 0.695. The Morgan fingerprint density at radius 1 is 1.30 bits per heavy atom. The summed E-state index contributed by atoms with van der Waals surface area (Å²) in [5.74, 6) is -2.28. The van der Waals surface area contributed by atoms with Gasteiger partial charge < -0.3 is 14.6 Å². The fourth-order valence-corrected chi connectivity index (χ4v) is 1.84. The number of carbonyl (C=O) groups excluding carboxylic acids is 2. The Hall–Kier alpha value is -2.84. The van der Waals surface area contributed by atoms with E-state index in [1.807, 2.05) is 0 Å². The molecule has 0 saturated carbocycles. The lowest BCUT2D eigenvalue weighted by Gasteiger charge is -2.10. The molecule has 0 spiro atoms. The average Bonchev–Trinajstić information content (AvgIpc) is 2.79. The monoisotopic (exact) mass is 327 g/mol. The number of halogens is 3. The van der Waals surface area contributed by atoms with Gasteiger partial charge in [0.25, 0.3) is 5.91 Å². The van der Waals surface area contributed by atoms with Crippen molar-refractivity contribution in [2.45, 2.75) is 13.1 Å². The van der Waals surface area contributed by atoms with E-state index in [0.29, 0.717) is 0 Å². The number of hydrogen-bond donors (Lipinski definition) is 1. The minimum Gasteiger partial charge on any atom is -0.427 e. The molecule has 0 radical (unpaired) electrons. The maximum atomic E-state index is 12.7. The van der Waals surface area contributed by atoms with Crippen LogP contribution in [0.5, 0.6) is 5.75 Å². The van der Waals surface area contributed by atoms with Gasteiger partial charge in [0.05, 0.1) is 6.20 Å². The highest BCUT2D eigenvalue weighted by molar-refractivity contribution is 6.04. The summed E-state index contributed by atoms with van der Waals surface area (Å²) in [4.78, 5) is 26.2. The molecule has 2 rings (SSSR count). The first-order valence-corrected chi connectivity index (χ1v) is 6.37. The lowest BCUT2D eigenvalue weighted by atomic mass is 10.2. The largest absolute Gasteiger partial charge is 0.449 e. The van der Waals surface area contributed by atoms with E-state index in [1.54, 1.807) is 0 Å². The van der Waals surface area contributed by atoms with Crippen molar-refractivity contribution in [1.29, 1.82) is 0 Å². The molecule has 0 atom stereocenters. The van der Waals surface area contributed by atoms with E-state index in [1.165, 1.54) is 31.2 Å². The number of alkyl halides is 3. The van der Waals surface area contributed by atoms with Gasteiger partial charge in [-0.2, -0.15) is 13.2 Å². The molecule has 0 fully saturated rings. The summed E-state index contributed by atoms with van der Waals surface area (Å²) in [5, 5.41) is 2.32. The zero-order chi connectivity index (χ0) is 17.2. The van der Waals surface area contributed by atoms with Gasteiger partial charge in [-0.05, 0) is 18.2 Å². The SMILES string of the molecule is CC(=O)Oc1cccc(C(=O)Nc2cnc(C(F)(F)F)n2C)c1. The number of hydrogen-bond acceptors (Lipinski definition) is 4. The molecule has 0 bridgehead atoms. The highest BCUT2D eigenvalue weighted by Crippen LogP contribution is 2.29. The summed E-state index contributed by atoms with van der Waals surface area (Å²) >= 11 is 0. The number of rotatable bonds is 3. The molecule has 1 heterocycles. The number of nitrogens with zero attached hydrogens (tertiary/aromatic N) is 2. The Morgan fingerprint density at radius 2 is 2.00 bits per heavy atom. The molecule has 9 heteroatoms. The molecular formula is C14H12F3N3O3. The van der Waals surface area contributed by atoms with E-state index < -0.39 is 23.9 Å². The average molecular weight is 327 g/mol. The van der Waals surface area contributed by atoms with Crippen molar-refractivity contribution >= 4 is 17.7 Å². The molecule has 0 aliphatic rings. The molecule has 23 heavy (non-hydrogen) atoms. The van der Waals surface area contributed by atoms with Gasteiger partial charge in [0.2, 0.25) is 5.82 Å². The van der Waals surface area contributed by atoms with Crippen molar-refractivity contribution in [2.75, 3.05) is 5.32 Å². The number of nitrogens with one attached hydrogen (secondary N) is 1. The van der Waals surface area contributed by atoms with Crippen LogP contribution in [0.15, 0.2) is 30.5 Å². The Bertz CT molecular complexity index is 753. The smallest absolute Gasteiger partial charge is 0.427 e. The summed E-state index contributed by atoms with van der Waals surface area (Å²) in [7, 11) is 1.14. The number of ether oxygens (including phenoxy) is 1. The van der Waals surface area contributed by atoms with Crippen molar-refractivity contribution < 1.29 is 27.5 Å². The molecule has 0 saturated heterocycles. The van der Waals surface area contributed by atoms with Crippen LogP contribution in [0.2, 0.25) is 0 Å². The van der Waals surface area contributed by atoms with Crippen molar-refractivity contribution in [3.05, 3.63) is 41.9 Å². The van der Waals surface area contributed by atoms with Crippen molar-refractivity contribution in [1.82, 2.24) is 9.55 Å². The second kappa shape index (κ2) is 6.11. The molecule has 122 valence electrons. The van der Waals surface area contributed by atoms with Gasteiger partial charge in [-0.1, -0.05) is 6.07 Å². The number of carbonyl (C=O) groups is 2. The first kappa shape index (κ1) is 16.5. The maximum Gasteiger partial charge on any atom is 0.449 e. The van der Waals surface area contributed by atoms with Gasteiger partial charge in [0.1, 0.15) is 11.6 Å². The van der Waals surface area contributed by atoms with E-state index in [9.17, 15) is 22.8 Å². The van der Waals surface area contributed by atoms with Gasteiger partial charge in [-0.25, -0.2) is 4.98 Å². The van der Waals surface area contributed by atoms with Crippen LogP contribution in [0.3, 0.4) is 0 Å². The van der Waals surface area contributed by atoms with E-state index in [-0.39, 0.29) is 17.1 Å². The Labute approximate surface area is 128 Å². The molecule has 1 amide bonds. The minimum absolute atomic E-state index is 0.111. The molecule has 1 N–H and O–H groups in total. The van der Waals surface area contributed by atoms with Crippen LogP contribution in [0.4, 0.5) is 19.0 Å². The highest BCUT2D eigenvalue weighted by atomic mass is 19.4. The van der Waals surface area contributed by atoms with Gasteiger partial charge in [0.15, 0.2) is 0 Å². The zero-order valence-corrected chi connectivity index (χ0v) is 12.1. The number of aromatic nitrogens is 2. The van der Waals surface area contributed by atoms with Crippen LogP contribution in [0.1, 0.15) is 23.1 Å². The van der Waals surface area contributed by atoms with E-state index in [0.717, 1.165) is 17.8 Å². The summed E-state index contributed by atoms with van der Waals surface area (Å²) in [6.45, 7) is 1.21. The highest BCUT2D eigenvalue weighted by Gasteiger charge is 2.36. The fraction of sp³-hybridized carbons (Fsp3) is 0.214. The van der Waals surface area contributed by atoms with E-state index in [4.69, 9.17) is 4.74 Å². The summed E-state index contributed by atoms with van der Waals surface area (Å²) in [6.07, 6.45) is -3.70. The summed E-state index contributed by atoms with van der Waals surface area (Å²) in [6, 6.07) is 5.70. The van der Waals surface area contributed by atoms with Gasteiger partial charge in [-0.15, -0.1) is 0 Å². The fourth-order valence-electron chi connectivity index (χ4n) is 1.84. The standard InChI is InChI=1S/C14H12F3N3O3/c1-8(21)23-10-5-3-4-9(6-10)12(22)19-11-7-18-13(20(11)2)14(15,16)17/h3-7H,1-2H3,(H,19,22). The first-order valence-electron chi connectivity index (χ1n) is 6.37. The van der Waals surface area contributed by atoms with Crippen LogP contribution >= 0.6 is 0 Å². The molecule has 0 unspecified atom stereocenters. The van der Waals surface area contributed by atoms with Gasteiger partial charge in [0, 0.05) is 19.5 Å². The molecule has 1 aromatic carbocycles. The van der Waals surface area contributed by atoms with Gasteiger partial charge in [-0.3, -0.25) is 9.59 Å². The molecular weight excluding hydrogens is 315 g/mol. The third kappa shape index (κ3) is 3.87. The Kier molecular flexibility index (Phi) is 4.39. The predicted octanol–water partition coefficient (Wildman–Crippen LogP) is 2.62. The van der Waals surface area contributed by atoms with Crippen LogP contribution in [-0.2, 0) is 18.0 Å². The second-order valence-corrected chi connectivity index (χ2v) is 4.60. The third-order valence-electron chi connectivity index (χ3n) is 2.84. The first-order chi connectivity index (χ1) is 10.7. The third-order valence-corrected chi connectivity index (χ3v) is 2.84. The van der Waals surface area contributed by atoms with Gasteiger partial charge >= 0.3 is 12.1 Å². The number of amides is 1. The Balaban J connectivity index is 2.20. The molecule has 0 aliphatic heterocycles. The normalized spacial score (nSPS) is 11.2. The molecule has 1 aromatic heterocycles. The van der Waals surface area contributed by atoms with Crippen LogP contribution in [0, 0.1) is 0 Å². The Morgan fingerprint density at radius 3 is 2.57 bits per heavy atom. The number of imidazole rings is 1. The lowest BCUT2D eigenvalue weighted by molar-refractivity contribution is -0.146. The van der Waals surface area contributed by atoms with Crippen molar-refractivity contribution in [3.8, 4) is 5.75 Å². The maximum absolute atomic E-state index is 12.7.